The third-order valence-electron chi connectivity index (χ3n) is 3.56. The summed E-state index contributed by atoms with van der Waals surface area (Å²) < 4.78 is 0. The van der Waals surface area contributed by atoms with Gasteiger partial charge in [-0.1, -0.05) is 46.5 Å². The quantitative estimate of drug-likeness (QED) is 0.696. The number of hydrogen-bond acceptors (Lipinski definition) is 2. The van der Waals surface area contributed by atoms with Crippen LogP contribution < -0.4 is 0 Å². The maximum absolute atomic E-state index is 10.3. The lowest BCUT2D eigenvalue weighted by Gasteiger charge is -2.19. The Kier molecular flexibility index (Phi) is 6.83. The topological polar surface area (TPSA) is 20.2 Å². The summed E-state index contributed by atoms with van der Waals surface area (Å²) in [4.78, 5) is 1.20. The van der Waals surface area contributed by atoms with Crippen LogP contribution in [-0.2, 0) is 6.42 Å². The van der Waals surface area contributed by atoms with Crippen LogP contribution in [-0.4, -0.2) is 5.11 Å². The SMILES string of the molecule is CCCCC(CC)CC(O)c1sccc1CC. The zero-order valence-corrected chi connectivity index (χ0v) is 12.2. The molecule has 1 aromatic heterocycles. The van der Waals surface area contributed by atoms with E-state index in [1.54, 1.807) is 11.3 Å². The standard InChI is InChI=1S/C15H26OS/c1-4-7-8-12(5-2)11-14(16)15-13(6-3)9-10-17-15/h9-10,12,14,16H,4-8,11H2,1-3H3. The molecule has 2 unspecified atom stereocenters. The van der Waals surface area contributed by atoms with Gasteiger partial charge >= 0.3 is 0 Å². The van der Waals surface area contributed by atoms with Crippen molar-refractivity contribution in [1.29, 1.82) is 0 Å². The summed E-state index contributed by atoms with van der Waals surface area (Å²) in [6.45, 7) is 6.63. The van der Waals surface area contributed by atoms with Gasteiger partial charge in [0.1, 0.15) is 0 Å². The molecule has 1 N–H and O–H groups in total. The Balaban J connectivity index is 2.54. The monoisotopic (exact) mass is 254 g/mol. The van der Waals surface area contributed by atoms with E-state index in [4.69, 9.17) is 0 Å². The number of aliphatic hydroxyl groups is 1. The van der Waals surface area contributed by atoms with Gasteiger partial charge in [-0.3, -0.25) is 0 Å². The molecule has 17 heavy (non-hydrogen) atoms. The molecule has 2 atom stereocenters. The highest BCUT2D eigenvalue weighted by Gasteiger charge is 2.17. The van der Waals surface area contributed by atoms with Gasteiger partial charge in [0.2, 0.25) is 0 Å². The molecule has 0 spiro atoms. The largest absolute Gasteiger partial charge is 0.388 e. The maximum Gasteiger partial charge on any atom is 0.0887 e. The lowest BCUT2D eigenvalue weighted by atomic mass is 9.92. The smallest absolute Gasteiger partial charge is 0.0887 e. The molecule has 1 rings (SSSR count). The maximum atomic E-state index is 10.3. The van der Waals surface area contributed by atoms with E-state index < -0.39 is 0 Å². The van der Waals surface area contributed by atoms with E-state index in [0.717, 1.165) is 12.8 Å². The summed E-state index contributed by atoms with van der Waals surface area (Å²) in [6, 6.07) is 2.15. The van der Waals surface area contributed by atoms with Crippen molar-refractivity contribution in [3.8, 4) is 0 Å². The first-order chi connectivity index (χ1) is 8.22. The summed E-state index contributed by atoms with van der Waals surface area (Å²) in [5.41, 5.74) is 1.33. The predicted molar refractivity (Wildman–Crippen MR) is 76.6 cm³/mol. The highest BCUT2D eigenvalue weighted by molar-refractivity contribution is 7.10. The van der Waals surface area contributed by atoms with E-state index in [9.17, 15) is 5.11 Å². The van der Waals surface area contributed by atoms with Crippen LogP contribution in [0.25, 0.3) is 0 Å². The summed E-state index contributed by atoms with van der Waals surface area (Å²) in [7, 11) is 0. The van der Waals surface area contributed by atoms with Crippen molar-refractivity contribution in [1.82, 2.24) is 0 Å². The second-order valence-corrected chi connectivity index (χ2v) is 5.78. The molecule has 1 aromatic rings. The van der Waals surface area contributed by atoms with Crippen LogP contribution in [0.3, 0.4) is 0 Å². The first kappa shape index (κ1) is 14.7. The second kappa shape index (κ2) is 7.88. The van der Waals surface area contributed by atoms with Crippen molar-refractivity contribution in [3.05, 3.63) is 21.9 Å². The van der Waals surface area contributed by atoms with Gasteiger partial charge in [-0.15, -0.1) is 11.3 Å². The number of hydrogen-bond donors (Lipinski definition) is 1. The molecule has 0 radical (unpaired) electrons. The van der Waals surface area contributed by atoms with Crippen molar-refractivity contribution in [2.24, 2.45) is 5.92 Å². The average molecular weight is 254 g/mol. The predicted octanol–water partition coefficient (Wildman–Crippen LogP) is 4.95. The number of unbranched alkanes of at least 4 members (excludes halogenated alkanes) is 1. The Morgan fingerprint density at radius 2 is 2.06 bits per heavy atom. The van der Waals surface area contributed by atoms with Crippen LogP contribution in [0.2, 0.25) is 0 Å². The van der Waals surface area contributed by atoms with Gasteiger partial charge in [0.05, 0.1) is 6.10 Å². The number of thiophene rings is 1. The molecule has 0 bridgehead atoms. The van der Waals surface area contributed by atoms with Gasteiger partial charge in [0.15, 0.2) is 0 Å². The lowest BCUT2D eigenvalue weighted by Crippen LogP contribution is -2.07. The van der Waals surface area contributed by atoms with Gasteiger partial charge in [-0.2, -0.15) is 0 Å². The molecule has 0 amide bonds. The fourth-order valence-corrected chi connectivity index (χ4v) is 3.33. The van der Waals surface area contributed by atoms with Gasteiger partial charge in [-0.05, 0) is 35.8 Å². The molecule has 98 valence electrons. The molecule has 1 heterocycles. The van der Waals surface area contributed by atoms with Gasteiger partial charge in [0, 0.05) is 4.88 Å². The van der Waals surface area contributed by atoms with E-state index in [2.05, 4.69) is 32.2 Å². The van der Waals surface area contributed by atoms with E-state index >= 15 is 0 Å². The molecular weight excluding hydrogens is 228 g/mol. The zero-order chi connectivity index (χ0) is 12.7. The van der Waals surface area contributed by atoms with Crippen LogP contribution in [0.15, 0.2) is 11.4 Å². The summed E-state index contributed by atoms with van der Waals surface area (Å²) in [5.74, 6) is 0.678. The minimum Gasteiger partial charge on any atom is -0.388 e. The van der Waals surface area contributed by atoms with Gasteiger partial charge in [-0.25, -0.2) is 0 Å². The van der Waals surface area contributed by atoms with Crippen LogP contribution in [0.1, 0.15) is 69.4 Å². The Morgan fingerprint density at radius 1 is 1.29 bits per heavy atom. The average Bonchev–Trinajstić information content (AvgIpc) is 2.82. The van der Waals surface area contributed by atoms with Crippen molar-refractivity contribution >= 4 is 11.3 Å². The van der Waals surface area contributed by atoms with Crippen molar-refractivity contribution in [2.75, 3.05) is 0 Å². The Hall–Kier alpha value is -0.340. The molecule has 0 saturated carbocycles. The summed E-state index contributed by atoms with van der Waals surface area (Å²) in [5, 5.41) is 12.4. The normalized spacial score (nSPS) is 14.8. The third-order valence-corrected chi connectivity index (χ3v) is 4.62. The number of aliphatic hydroxyl groups excluding tert-OH is 1. The molecule has 0 aromatic carbocycles. The van der Waals surface area contributed by atoms with Crippen molar-refractivity contribution in [3.63, 3.8) is 0 Å². The van der Waals surface area contributed by atoms with Gasteiger partial charge < -0.3 is 5.11 Å². The zero-order valence-electron chi connectivity index (χ0n) is 11.4. The summed E-state index contributed by atoms with van der Waals surface area (Å²) in [6.07, 6.45) is 6.71. The van der Waals surface area contributed by atoms with Crippen molar-refractivity contribution < 1.29 is 5.11 Å². The van der Waals surface area contributed by atoms with E-state index in [-0.39, 0.29) is 6.10 Å². The van der Waals surface area contributed by atoms with E-state index in [0.29, 0.717) is 5.92 Å². The van der Waals surface area contributed by atoms with Crippen LogP contribution in [0.4, 0.5) is 0 Å². The highest BCUT2D eigenvalue weighted by Crippen LogP contribution is 2.32. The number of rotatable bonds is 8. The van der Waals surface area contributed by atoms with Crippen molar-refractivity contribution in [2.45, 2.75) is 65.4 Å². The summed E-state index contributed by atoms with van der Waals surface area (Å²) >= 11 is 1.71. The van der Waals surface area contributed by atoms with Crippen LogP contribution in [0, 0.1) is 5.92 Å². The minimum atomic E-state index is -0.244. The molecule has 0 aliphatic rings. The fourth-order valence-electron chi connectivity index (χ4n) is 2.34. The lowest BCUT2D eigenvalue weighted by molar-refractivity contribution is 0.141. The van der Waals surface area contributed by atoms with Gasteiger partial charge in [0.25, 0.3) is 0 Å². The second-order valence-electron chi connectivity index (χ2n) is 4.83. The van der Waals surface area contributed by atoms with Crippen LogP contribution in [0.5, 0.6) is 0 Å². The molecule has 0 aliphatic heterocycles. The first-order valence-electron chi connectivity index (χ1n) is 6.97. The van der Waals surface area contributed by atoms with Crippen LogP contribution >= 0.6 is 11.3 Å². The Morgan fingerprint density at radius 3 is 2.65 bits per heavy atom. The molecule has 0 aliphatic carbocycles. The highest BCUT2D eigenvalue weighted by atomic mass is 32.1. The molecular formula is C15H26OS. The molecule has 0 fully saturated rings. The molecule has 2 heteroatoms. The minimum absolute atomic E-state index is 0.244. The van der Waals surface area contributed by atoms with E-state index in [1.807, 2.05) is 0 Å². The Bertz CT molecular complexity index is 306. The Labute approximate surface area is 110 Å². The van der Waals surface area contributed by atoms with E-state index in [1.165, 1.54) is 36.1 Å². The number of aryl methyl sites for hydroxylation is 1. The molecule has 1 nitrogen and oxygen atoms in total. The third kappa shape index (κ3) is 4.44. The first-order valence-corrected chi connectivity index (χ1v) is 7.85. The fraction of sp³-hybridized carbons (Fsp3) is 0.733. The molecule has 0 saturated heterocycles.